The topological polar surface area (TPSA) is 118 Å². The summed E-state index contributed by atoms with van der Waals surface area (Å²) < 4.78 is 6.16. The van der Waals surface area contributed by atoms with Gasteiger partial charge in [-0.1, -0.05) is 0 Å². The van der Waals surface area contributed by atoms with Crippen molar-refractivity contribution in [3.05, 3.63) is 39.1 Å². The van der Waals surface area contributed by atoms with Crippen LogP contribution >= 0.6 is 11.3 Å². The number of ether oxygens (including phenoxy) is 1. The molecule has 1 saturated heterocycles. The molecule has 4 unspecified atom stereocenters. The van der Waals surface area contributed by atoms with Gasteiger partial charge in [-0.3, -0.25) is 14.5 Å². The van der Waals surface area contributed by atoms with Gasteiger partial charge in [0.15, 0.2) is 0 Å². The predicted octanol–water partition coefficient (Wildman–Crippen LogP) is 3.45. The van der Waals surface area contributed by atoms with E-state index in [1.54, 1.807) is 6.20 Å². The second-order valence-corrected chi connectivity index (χ2v) is 11.2. The molecule has 8 nitrogen and oxygen atoms in total. The first-order chi connectivity index (χ1) is 15.9. The molecule has 0 radical (unpaired) electrons. The Morgan fingerprint density at radius 2 is 2.03 bits per heavy atom. The number of primary amides is 1. The molecule has 1 aliphatic heterocycles. The largest absolute Gasteiger partial charge is 0.445 e. The van der Waals surface area contributed by atoms with Crippen molar-refractivity contribution in [1.29, 1.82) is 0 Å². The van der Waals surface area contributed by atoms with Gasteiger partial charge in [-0.25, -0.2) is 9.78 Å². The lowest BCUT2D eigenvalue weighted by Gasteiger charge is -2.58. The van der Waals surface area contributed by atoms with E-state index in [1.165, 1.54) is 17.4 Å². The molecular formula is C24H28N4O4S. The van der Waals surface area contributed by atoms with Crippen LogP contribution < -0.4 is 11.3 Å². The Morgan fingerprint density at radius 1 is 1.24 bits per heavy atom. The molecule has 5 aliphatic rings. The van der Waals surface area contributed by atoms with Crippen molar-refractivity contribution < 1.29 is 14.3 Å². The number of nitrogens with zero attached hydrogens (tertiary/aromatic N) is 2. The third-order valence-corrected chi connectivity index (χ3v) is 9.26. The van der Waals surface area contributed by atoms with Gasteiger partial charge in [0, 0.05) is 29.8 Å². The number of nitrogens with two attached hydrogens (primary N) is 1. The van der Waals surface area contributed by atoms with Crippen LogP contribution in [0.3, 0.4) is 0 Å². The quantitative estimate of drug-likeness (QED) is 0.712. The van der Waals surface area contributed by atoms with Crippen LogP contribution in [0.2, 0.25) is 0 Å². The fraction of sp³-hybridized carbons (Fsp3) is 0.583. The molecule has 0 aromatic carbocycles. The fourth-order valence-corrected chi connectivity index (χ4v) is 8.05. The first kappa shape index (κ1) is 20.9. The number of H-pyrrole nitrogens is 1. The first-order valence-electron chi connectivity index (χ1n) is 11.8. The van der Waals surface area contributed by atoms with Crippen molar-refractivity contribution in [2.45, 2.75) is 57.1 Å². The molecule has 7 rings (SSSR count). The molecule has 2 aromatic rings. The summed E-state index contributed by atoms with van der Waals surface area (Å²) >= 11 is 1.52. The van der Waals surface area contributed by atoms with Crippen molar-refractivity contribution in [3.8, 4) is 11.3 Å². The van der Waals surface area contributed by atoms with E-state index in [0.29, 0.717) is 12.5 Å². The summed E-state index contributed by atoms with van der Waals surface area (Å²) in [7, 11) is 0. The van der Waals surface area contributed by atoms with Crippen LogP contribution in [0.5, 0.6) is 0 Å². The molecule has 2 aromatic heterocycles. The van der Waals surface area contributed by atoms with E-state index in [-0.39, 0.29) is 47.0 Å². The summed E-state index contributed by atoms with van der Waals surface area (Å²) in [5, 5.41) is 2.81. The zero-order chi connectivity index (χ0) is 22.7. The van der Waals surface area contributed by atoms with Crippen LogP contribution in [-0.4, -0.2) is 39.5 Å². The van der Waals surface area contributed by atoms with Gasteiger partial charge in [0.25, 0.3) is 0 Å². The molecular weight excluding hydrogens is 440 g/mol. The van der Waals surface area contributed by atoms with E-state index in [1.807, 2.05) is 16.3 Å². The van der Waals surface area contributed by atoms with Crippen LogP contribution in [0, 0.1) is 23.2 Å². The zero-order valence-electron chi connectivity index (χ0n) is 18.4. The highest BCUT2D eigenvalue weighted by Crippen LogP contribution is 2.60. The molecule has 4 bridgehead atoms. The van der Waals surface area contributed by atoms with E-state index in [4.69, 9.17) is 15.5 Å². The smallest absolute Gasteiger partial charge is 0.410 e. The highest BCUT2D eigenvalue weighted by atomic mass is 32.1. The lowest BCUT2D eigenvalue weighted by atomic mass is 9.48. The highest BCUT2D eigenvalue weighted by molar-refractivity contribution is 7.10. The molecule has 9 heteroatoms. The number of nitrogens with one attached hydrogen (secondary N) is 1. The molecule has 3 N–H and O–H groups in total. The number of carbonyl (C=O) groups is 2. The molecule has 2 amide bonds. The minimum Gasteiger partial charge on any atom is -0.445 e. The Bertz CT molecular complexity index is 1140. The second kappa shape index (κ2) is 7.68. The van der Waals surface area contributed by atoms with E-state index >= 15 is 0 Å². The van der Waals surface area contributed by atoms with Gasteiger partial charge in [-0.2, -0.15) is 0 Å². The number of rotatable bonds is 4. The summed E-state index contributed by atoms with van der Waals surface area (Å²) in [5.41, 5.74) is 6.76. The van der Waals surface area contributed by atoms with E-state index in [2.05, 4.69) is 4.98 Å². The number of hydrogen-bond donors (Lipinski definition) is 2. The Balaban J connectivity index is 1.18. The van der Waals surface area contributed by atoms with E-state index in [0.717, 1.165) is 61.2 Å². The van der Waals surface area contributed by atoms with Gasteiger partial charge >= 0.3 is 6.09 Å². The van der Waals surface area contributed by atoms with Gasteiger partial charge in [-0.05, 0) is 68.8 Å². The maximum atomic E-state index is 13.3. The Hall–Kier alpha value is -2.68. The number of likely N-dealkylation sites (tertiary alicyclic amines) is 1. The first-order valence-corrected chi connectivity index (χ1v) is 12.7. The SMILES string of the molecule is NC(=O)C12CC3CC(C1)C(OC(=O)N1CCC[C@@H]1c1nc(-c4cc[nH]c(=O)c4)cs1)[C@@H](C3)C2. The lowest BCUT2D eigenvalue weighted by Crippen LogP contribution is -2.59. The van der Waals surface area contributed by atoms with Gasteiger partial charge in [0.1, 0.15) is 11.1 Å². The highest BCUT2D eigenvalue weighted by Gasteiger charge is 2.59. The lowest BCUT2D eigenvalue weighted by molar-refractivity contribution is -0.161. The molecule has 0 spiro atoms. The van der Waals surface area contributed by atoms with Crippen LogP contribution in [0.15, 0.2) is 28.5 Å². The molecule has 33 heavy (non-hydrogen) atoms. The molecule has 6 atom stereocenters. The third-order valence-electron chi connectivity index (χ3n) is 8.31. The van der Waals surface area contributed by atoms with Crippen LogP contribution in [0.1, 0.15) is 56.0 Å². The van der Waals surface area contributed by atoms with Crippen LogP contribution in [0.4, 0.5) is 4.79 Å². The molecule has 5 fully saturated rings. The maximum Gasteiger partial charge on any atom is 0.410 e. The number of aromatic nitrogens is 2. The summed E-state index contributed by atoms with van der Waals surface area (Å²) in [6.45, 7) is 0.652. The van der Waals surface area contributed by atoms with Crippen molar-refractivity contribution in [2.24, 2.45) is 28.9 Å². The van der Waals surface area contributed by atoms with Crippen molar-refractivity contribution in [1.82, 2.24) is 14.9 Å². The Morgan fingerprint density at radius 3 is 2.76 bits per heavy atom. The van der Waals surface area contributed by atoms with Crippen LogP contribution in [-0.2, 0) is 9.53 Å². The molecule has 4 saturated carbocycles. The molecule has 3 heterocycles. The number of hydrogen-bond acceptors (Lipinski definition) is 6. The van der Waals surface area contributed by atoms with Gasteiger partial charge in [-0.15, -0.1) is 11.3 Å². The summed E-state index contributed by atoms with van der Waals surface area (Å²) in [6, 6.07) is 3.25. The van der Waals surface area contributed by atoms with Gasteiger partial charge < -0.3 is 15.5 Å². The average molecular weight is 469 g/mol. The van der Waals surface area contributed by atoms with Crippen molar-refractivity contribution in [3.63, 3.8) is 0 Å². The summed E-state index contributed by atoms with van der Waals surface area (Å²) in [4.78, 5) is 46.3. The third kappa shape index (κ3) is 3.48. The van der Waals surface area contributed by atoms with Gasteiger partial charge in [0.2, 0.25) is 11.5 Å². The number of aromatic amines is 1. The van der Waals surface area contributed by atoms with Crippen LogP contribution in [0.25, 0.3) is 11.3 Å². The normalized spacial score (nSPS) is 34.5. The van der Waals surface area contributed by atoms with Crippen molar-refractivity contribution >= 4 is 23.3 Å². The summed E-state index contributed by atoms with van der Waals surface area (Å²) in [5.74, 6) is 0.822. The standard InChI is InChI=1S/C24H28N4O4S/c25-22(30)24-9-13-6-15(10-24)20(16(7-13)11-24)32-23(31)28-5-1-2-18(28)21-27-17(12-33-21)14-3-4-26-19(29)8-14/h3-4,8,12-13,15-16,18,20H,1-2,5-7,9-11H2,(H2,25,30)(H,26,29)/t13?,15-,16?,18+,20?,24?/m0/s1. The Kier molecular flexibility index (Phi) is 4.87. The van der Waals surface area contributed by atoms with E-state index < -0.39 is 0 Å². The fourth-order valence-electron chi connectivity index (χ4n) is 7.08. The minimum absolute atomic E-state index is 0.105. The second-order valence-electron chi connectivity index (χ2n) is 10.3. The zero-order valence-corrected chi connectivity index (χ0v) is 19.2. The number of carbonyl (C=O) groups excluding carboxylic acids is 2. The maximum absolute atomic E-state index is 13.3. The summed E-state index contributed by atoms with van der Waals surface area (Å²) in [6.07, 6.45) is 7.45. The van der Waals surface area contributed by atoms with Gasteiger partial charge in [0.05, 0.1) is 17.2 Å². The average Bonchev–Trinajstić information content (AvgIpc) is 3.45. The van der Waals surface area contributed by atoms with Crippen molar-refractivity contribution in [2.75, 3.05) is 6.54 Å². The minimum atomic E-state index is -0.383. The predicted molar refractivity (Wildman–Crippen MR) is 122 cm³/mol. The number of amides is 2. The number of thiazole rings is 1. The van der Waals surface area contributed by atoms with E-state index in [9.17, 15) is 14.4 Å². The molecule has 4 aliphatic carbocycles. The Labute approximate surface area is 195 Å². The number of pyridine rings is 1. The monoisotopic (exact) mass is 468 g/mol. The molecule has 174 valence electrons.